The lowest BCUT2D eigenvalue weighted by Crippen LogP contribution is -2.46. The lowest BCUT2D eigenvalue weighted by Gasteiger charge is -2.36. The molecule has 1 saturated carbocycles. The van der Waals surface area contributed by atoms with Crippen molar-refractivity contribution < 1.29 is 22.7 Å². The van der Waals surface area contributed by atoms with Gasteiger partial charge in [-0.15, -0.1) is 0 Å². The molecule has 9 nitrogen and oxygen atoms in total. The van der Waals surface area contributed by atoms with Crippen molar-refractivity contribution >= 4 is 28.6 Å². The van der Waals surface area contributed by atoms with Crippen molar-refractivity contribution in [1.29, 1.82) is 0 Å². The Kier molecular flexibility index (Phi) is 5.09. The smallest absolute Gasteiger partial charge is 0.377 e. The van der Waals surface area contributed by atoms with E-state index in [-0.39, 0.29) is 23.8 Å². The number of alkyl halides is 3. The number of primary amides is 1. The molecule has 6 rings (SSSR count). The van der Waals surface area contributed by atoms with Crippen LogP contribution in [0.5, 0.6) is 0 Å². The SMILES string of the molecule is NC(=O)N(c1ccc(-c2nc(N3C4CCC3COC4)c3cnn(CC(F)(F)F)c3n2)cc1)C1CC1. The molecule has 2 aliphatic heterocycles. The Balaban J connectivity index is 1.44. The first-order valence-corrected chi connectivity index (χ1v) is 11.6. The molecule has 0 radical (unpaired) electrons. The van der Waals surface area contributed by atoms with Gasteiger partial charge in [0, 0.05) is 17.3 Å². The molecule has 184 valence electrons. The lowest BCUT2D eigenvalue weighted by molar-refractivity contribution is -0.141. The van der Waals surface area contributed by atoms with E-state index in [1.807, 2.05) is 0 Å². The van der Waals surface area contributed by atoms with Crippen LogP contribution in [0, 0.1) is 0 Å². The molecule has 3 fully saturated rings. The van der Waals surface area contributed by atoms with Crippen LogP contribution in [0.3, 0.4) is 0 Å². The van der Waals surface area contributed by atoms with Crippen LogP contribution in [0.4, 0.5) is 29.5 Å². The van der Waals surface area contributed by atoms with Gasteiger partial charge in [-0.25, -0.2) is 19.4 Å². The van der Waals surface area contributed by atoms with E-state index in [0.717, 1.165) is 30.4 Å². The third-order valence-electron chi connectivity index (χ3n) is 6.84. The number of carbonyl (C=O) groups excluding carboxylic acids is 1. The molecule has 3 aromatic rings. The molecule has 0 spiro atoms. The standard InChI is InChI=1S/C23H24F3N7O2/c24-23(25,26)12-31-20-18(9-28-31)21(32-16-7-8-17(32)11-35-10-16)30-19(29-20)13-1-3-14(4-2-13)33(22(27)34)15-5-6-15/h1-4,9,15-17H,5-8,10-12H2,(H2,27,34). The molecule has 1 aliphatic carbocycles. The van der Waals surface area contributed by atoms with Gasteiger partial charge in [-0.3, -0.25) is 4.90 Å². The number of rotatable bonds is 5. The molecule has 35 heavy (non-hydrogen) atoms. The topological polar surface area (TPSA) is 102 Å². The van der Waals surface area contributed by atoms with E-state index in [2.05, 4.69) is 15.0 Å². The average Bonchev–Trinajstić information content (AvgIpc) is 3.51. The zero-order valence-electron chi connectivity index (χ0n) is 18.8. The normalized spacial score (nSPS) is 22.1. The molecule has 2 amide bonds. The Morgan fingerprint density at radius 3 is 2.37 bits per heavy atom. The molecule has 2 bridgehead atoms. The van der Waals surface area contributed by atoms with Crippen molar-refractivity contribution in [3.63, 3.8) is 0 Å². The summed E-state index contributed by atoms with van der Waals surface area (Å²) in [6.07, 6.45) is 0.642. The number of amides is 2. The first kappa shape index (κ1) is 22.1. The highest BCUT2D eigenvalue weighted by Crippen LogP contribution is 2.38. The highest BCUT2D eigenvalue weighted by molar-refractivity contribution is 5.92. The summed E-state index contributed by atoms with van der Waals surface area (Å²) in [6.45, 7) is -0.143. The molecule has 4 heterocycles. The molecule has 1 aromatic carbocycles. The highest BCUT2D eigenvalue weighted by Gasteiger charge is 2.40. The number of ether oxygens (including phenoxy) is 1. The average molecular weight is 487 g/mol. The Morgan fingerprint density at radius 1 is 1.09 bits per heavy atom. The maximum absolute atomic E-state index is 13.2. The van der Waals surface area contributed by atoms with E-state index >= 15 is 0 Å². The summed E-state index contributed by atoms with van der Waals surface area (Å²) in [7, 11) is 0. The van der Waals surface area contributed by atoms with Crippen LogP contribution in [0.15, 0.2) is 30.5 Å². The summed E-state index contributed by atoms with van der Waals surface area (Å²) in [5, 5.41) is 4.49. The first-order chi connectivity index (χ1) is 16.8. The molecule has 2 aromatic heterocycles. The van der Waals surface area contributed by atoms with E-state index in [4.69, 9.17) is 15.5 Å². The molecule has 2 atom stereocenters. The molecule has 2 N–H and O–H groups in total. The number of morpholine rings is 1. The second-order valence-corrected chi connectivity index (χ2v) is 9.34. The molecule has 2 saturated heterocycles. The number of urea groups is 1. The maximum atomic E-state index is 13.2. The van der Waals surface area contributed by atoms with Crippen LogP contribution in [0.1, 0.15) is 25.7 Å². The van der Waals surface area contributed by atoms with Crippen molar-refractivity contribution in [1.82, 2.24) is 19.7 Å². The van der Waals surface area contributed by atoms with E-state index in [1.54, 1.807) is 29.2 Å². The van der Waals surface area contributed by atoms with Crippen LogP contribution >= 0.6 is 0 Å². The van der Waals surface area contributed by atoms with Gasteiger partial charge in [0.15, 0.2) is 11.5 Å². The zero-order valence-corrected chi connectivity index (χ0v) is 18.8. The number of halogens is 3. The predicted octanol–water partition coefficient (Wildman–Crippen LogP) is 3.47. The number of aromatic nitrogens is 4. The molecule has 2 unspecified atom stereocenters. The van der Waals surface area contributed by atoms with Gasteiger partial charge < -0.3 is 15.4 Å². The quantitative estimate of drug-likeness (QED) is 0.591. The zero-order chi connectivity index (χ0) is 24.3. The fourth-order valence-electron chi connectivity index (χ4n) is 5.15. The third kappa shape index (κ3) is 4.05. The number of carbonyl (C=O) groups is 1. The minimum atomic E-state index is -4.44. The van der Waals surface area contributed by atoms with Crippen molar-refractivity contribution in [3.8, 4) is 11.4 Å². The number of hydrogen-bond acceptors (Lipinski definition) is 6. The van der Waals surface area contributed by atoms with Gasteiger partial charge in [-0.1, -0.05) is 0 Å². The van der Waals surface area contributed by atoms with Gasteiger partial charge in [0.2, 0.25) is 0 Å². The Morgan fingerprint density at radius 2 is 1.77 bits per heavy atom. The first-order valence-electron chi connectivity index (χ1n) is 11.6. The van der Waals surface area contributed by atoms with Gasteiger partial charge in [-0.2, -0.15) is 18.3 Å². The van der Waals surface area contributed by atoms with Gasteiger partial charge >= 0.3 is 12.2 Å². The van der Waals surface area contributed by atoms with Gasteiger partial charge in [0.05, 0.1) is 36.9 Å². The number of benzene rings is 1. The van der Waals surface area contributed by atoms with Gasteiger partial charge in [-0.05, 0) is 49.9 Å². The van der Waals surface area contributed by atoms with Crippen molar-refractivity contribution in [2.75, 3.05) is 23.0 Å². The van der Waals surface area contributed by atoms with E-state index in [0.29, 0.717) is 41.5 Å². The summed E-state index contributed by atoms with van der Waals surface area (Å²) >= 11 is 0. The number of nitrogens with zero attached hydrogens (tertiary/aromatic N) is 6. The summed E-state index contributed by atoms with van der Waals surface area (Å²) in [5.74, 6) is 0.876. The Bertz CT molecular complexity index is 1260. The van der Waals surface area contributed by atoms with Crippen LogP contribution < -0.4 is 15.5 Å². The second-order valence-electron chi connectivity index (χ2n) is 9.34. The summed E-state index contributed by atoms with van der Waals surface area (Å²) < 4.78 is 46.3. The number of hydrogen-bond donors (Lipinski definition) is 1. The van der Waals surface area contributed by atoms with E-state index in [9.17, 15) is 18.0 Å². The van der Waals surface area contributed by atoms with Crippen LogP contribution in [0.2, 0.25) is 0 Å². The van der Waals surface area contributed by atoms with E-state index in [1.165, 1.54) is 6.20 Å². The molecular weight excluding hydrogens is 463 g/mol. The largest absolute Gasteiger partial charge is 0.408 e. The minimum Gasteiger partial charge on any atom is -0.377 e. The van der Waals surface area contributed by atoms with Crippen molar-refractivity contribution in [2.24, 2.45) is 5.73 Å². The van der Waals surface area contributed by atoms with Crippen molar-refractivity contribution in [3.05, 3.63) is 30.5 Å². The summed E-state index contributed by atoms with van der Waals surface area (Å²) in [5.41, 5.74) is 6.98. The van der Waals surface area contributed by atoms with Crippen LogP contribution in [0.25, 0.3) is 22.4 Å². The third-order valence-corrected chi connectivity index (χ3v) is 6.84. The number of anilines is 2. The fourth-order valence-corrected chi connectivity index (χ4v) is 5.15. The molecular formula is C23H24F3N7O2. The van der Waals surface area contributed by atoms with Gasteiger partial charge in [0.1, 0.15) is 12.4 Å². The Labute approximate surface area is 198 Å². The van der Waals surface area contributed by atoms with Crippen molar-refractivity contribution in [2.45, 2.75) is 56.5 Å². The summed E-state index contributed by atoms with van der Waals surface area (Å²) in [4.78, 5) is 24.9. The number of nitrogens with two attached hydrogens (primary N) is 1. The Hall–Kier alpha value is -3.41. The van der Waals surface area contributed by atoms with E-state index < -0.39 is 18.8 Å². The lowest BCUT2D eigenvalue weighted by atomic mass is 10.1. The van der Waals surface area contributed by atoms with Crippen LogP contribution in [-0.4, -0.2) is 63.3 Å². The highest BCUT2D eigenvalue weighted by atomic mass is 19.4. The summed E-state index contributed by atoms with van der Waals surface area (Å²) in [6, 6.07) is 6.85. The fraction of sp³-hybridized carbons (Fsp3) is 0.478. The van der Waals surface area contributed by atoms with Gasteiger partial charge in [0.25, 0.3) is 0 Å². The second kappa shape index (κ2) is 8.08. The maximum Gasteiger partial charge on any atom is 0.408 e. The molecule has 3 aliphatic rings. The monoisotopic (exact) mass is 487 g/mol. The molecule has 12 heteroatoms. The predicted molar refractivity (Wildman–Crippen MR) is 122 cm³/mol. The number of fused-ring (bicyclic) bond motifs is 3. The van der Waals surface area contributed by atoms with Crippen LogP contribution in [-0.2, 0) is 11.3 Å². The minimum absolute atomic E-state index is 0.103.